The van der Waals surface area contributed by atoms with E-state index in [2.05, 4.69) is 22.8 Å². The van der Waals surface area contributed by atoms with Gasteiger partial charge < -0.3 is 10.6 Å². The van der Waals surface area contributed by atoms with Gasteiger partial charge in [0.15, 0.2) is 9.84 Å². The maximum absolute atomic E-state index is 13.3. The standard InChI is InChI=1S/C30H27F3N2O3S/c1-21-13-16-27(35-29(36)34-26-12-6-11-25(18-26)30(31,32)33)19-28(21)39(37,38)20-24-10-5-9-23(17-24)15-14-22-7-3-2-4-8-22/h2-13,16-19H,14-15,20H2,1H3,(H2,34,35,36). The SMILES string of the molecule is Cc1ccc(NC(=O)Nc2cccc(C(F)(F)F)c2)cc1S(=O)(=O)Cc1cccc(CCc2ccccc2)c1. The Kier molecular flexibility index (Phi) is 8.40. The molecule has 0 heterocycles. The zero-order valence-electron chi connectivity index (χ0n) is 21.1. The molecule has 0 aliphatic heterocycles. The molecule has 0 bridgehead atoms. The molecule has 0 fully saturated rings. The van der Waals surface area contributed by atoms with Crippen molar-refractivity contribution in [1.29, 1.82) is 0 Å². The molecule has 4 rings (SSSR count). The lowest BCUT2D eigenvalue weighted by molar-refractivity contribution is -0.137. The quantitative estimate of drug-likeness (QED) is 0.239. The second-order valence-electron chi connectivity index (χ2n) is 9.20. The third-order valence-corrected chi connectivity index (χ3v) is 7.95. The Morgan fingerprint density at radius 1 is 0.718 bits per heavy atom. The second kappa shape index (κ2) is 11.7. The molecule has 0 aliphatic rings. The normalized spacial score (nSPS) is 11.7. The molecule has 0 saturated carbocycles. The van der Waals surface area contributed by atoms with Gasteiger partial charge >= 0.3 is 12.2 Å². The highest BCUT2D eigenvalue weighted by atomic mass is 32.2. The summed E-state index contributed by atoms with van der Waals surface area (Å²) in [5, 5.41) is 4.84. The first-order valence-corrected chi connectivity index (χ1v) is 13.9. The van der Waals surface area contributed by atoms with E-state index in [-0.39, 0.29) is 22.0 Å². The van der Waals surface area contributed by atoms with Crippen molar-refractivity contribution in [3.05, 3.63) is 125 Å². The molecule has 0 aromatic heterocycles. The van der Waals surface area contributed by atoms with Crippen molar-refractivity contribution in [3.8, 4) is 0 Å². The summed E-state index contributed by atoms with van der Waals surface area (Å²) in [6, 6.07) is 25.4. The maximum Gasteiger partial charge on any atom is 0.416 e. The number of hydrogen-bond acceptors (Lipinski definition) is 3. The van der Waals surface area contributed by atoms with Gasteiger partial charge in [0.25, 0.3) is 0 Å². The van der Waals surface area contributed by atoms with E-state index in [1.807, 2.05) is 36.4 Å². The number of aryl methyl sites for hydroxylation is 3. The van der Waals surface area contributed by atoms with Crippen LogP contribution in [-0.4, -0.2) is 14.4 Å². The van der Waals surface area contributed by atoms with Crippen molar-refractivity contribution in [3.63, 3.8) is 0 Å². The highest BCUT2D eigenvalue weighted by Crippen LogP contribution is 2.31. The van der Waals surface area contributed by atoms with Crippen LogP contribution in [0.15, 0.2) is 102 Å². The predicted octanol–water partition coefficient (Wildman–Crippen LogP) is 7.42. The number of carbonyl (C=O) groups excluding carboxylic acids is 1. The van der Waals surface area contributed by atoms with E-state index < -0.39 is 27.6 Å². The lowest BCUT2D eigenvalue weighted by Gasteiger charge is -2.13. The minimum atomic E-state index is -4.55. The summed E-state index contributed by atoms with van der Waals surface area (Å²) in [6.45, 7) is 1.66. The van der Waals surface area contributed by atoms with E-state index in [0.717, 1.165) is 30.5 Å². The lowest BCUT2D eigenvalue weighted by Crippen LogP contribution is -2.20. The number of urea groups is 1. The summed E-state index contributed by atoms with van der Waals surface area (Å²) >= 11 is 0. The van der Waals surface area contributed by atoms with Crippen LogP contribution in [0.1, 0.15) is 27.8 Å². The first kappa shape index (κ1) is 27.9. The smallest absolute Gasteiger partial charge is 0.308 e. The molecule has 0 spiro atoms. The molecule has 2 N–H and O–H groups in total. The average Bonchev–Trinajstić information content (AvgIpc) is 2.89. The van der Waals surface area contributed by atoms with Crippen LogP contribution in [0.4, 0.5) is 29.3 Å². The zero-order chi connectivity index (χ0) is 28.0. The first-order valence-electron chi connectivity index (χ1n) is 12.2. The van der Waals surface area contributed by atoms with Gasteiger partial charge in [0, 0.05) is 11.4 Å². The van der Waals surface area contributed by atoms with E-state index in [0.29, 0.717) is 11.1 Å². The summed E-state index contributed by atoms with van der Waals surface area (Å²) in [5.41, 5.74) is 2.65. The van der Waals surface area contributed by atoms with Gasteiger partial charge in [-0.3, -0.25) is 0 Å². The molecule has 2 amide bonds. The third kappa shape index (κ3) is 7.70. The van der Waals surface area contributed by atoms with Gasteiger partial charge in [-0.25, -0.2) is 13.2 Å². The van der Waals surface area contributed by atoms with Gasteiger partial charge in [-0.05, 0) is 72.4 Å². The fraction of sp³-hybridized carbons (Fsp3) is 0.167. The molecule has 4 aromatic rings. The number of anilines is 2. The molecule has 9 heteroatoms. The fourth-order valence-electron chi connectivity index (χ4n) is 4.19. The Balaban J connectivity index is 1.45. The van der Waals surface area contributed by atoms with Crippen molar-refractivity contribution < 1.29 is 26.4 Å². The number of benzene rings is 4. The Morgan fingerprint density at radius 2 is 1.33 bits per heavy atom. The third-order valence-electron chi connectivity index (χ3n) is 6.12. The van der Waals surface area contributed by atoms with E-state index in [9.17, 15) is 26.4 Å². The van der Waals surface area contributed by atoms with E-state index in [4.69, 9.17) is 0 Å². The Bertz CT molecular complexity index is 1570. The monoisotopic (exact) mass is 552 g/mol. The van der Waals surface area contributed by atoms with Crippen molar-refractivity contribution in [1.82, 2.24) is 0 Å². The molecule has 39 heavy (non-hydrogen) atoms. The number of sulfone groups is 1. The topological polar surface area (TPSA) is 75.3 Å². The summed E-state index contributed by atoms with van der Waals surface area (Å²) in [7, 11) is -3.76. The number of carbonyl (C=O) groups is 1. The van der Waals surface area contributed by atoms with Crippen LogP contribution in [0.25, 0.3) is 0 Å². The molecule has 0 saturated heterocycles. The predicted molar refractivity (Wildman–Crippen MR) is 146 cm³/mol. The number of halogens is 3. The van der Waals surface area contributed by atoms with E-state index in [1.165, 1.54) is 29.8 Å². The number of rotatable bonds is 8. The molecule has 0 unspecified atom stereocenters. The summed E-state index contributed by atoms with van der Waals surface area (Å²) in [4.78, 5) is 12.5. The van der Waals surface area contributed by atoms with Crippen LogP contribution in [-0.2, 0) is 34.6 Å². The van der Waals surface area contributed by atoms with Gasteiger partial charge in [-0.2, -0.15) is 13.2 Å². The van der Waals surface area contributed by atoms with Crippen molar-refractivity contribution in [2.24, 2.45) is 0 Å². The van der Waals surface area contributed by atoms with Gasteiger partial charge in [-0.1, -0.05) is 66.7 Å². The number of hydrogen-bond donors (Lipinski definition) is 2. The first-order chi connectivity index (χ1) is 18.5. The molecule has 5 nitrogen and oxygen atoms in total. The van der Waals surface area contributed by atoms with E-state index >= 15 is 0 Å². The van der Waals surface area contributed by atoms with Crippen molar-refractivity contribution in [2.75, 3.05) is 10.6 Å². The van der Waals surface area contributed by atoms with E-state index in [1.54, 1.807) is 19.1 Å². The van der Waals surface area contributed by atoms with Crippen molar-refractivity contribution in [2.45, 2.75) is 36.6 Å². The van der Waals surface area contributed by atoms with Crippen LogP contribution in [0.3, 0.4) is 0 Å². The Morgan fingerprint density at radius 3 is 2.05 bits per heavy atom. The highest BCUT2D eigenvalue weighted by Gasteiger charge is 2.30. The number of nitrogens with one attached hydrogen (secondary N) is 2. The van der Waals surface area contributed by atoms with Gasteiger partial charge in [-0.15, -0.1) is 0 Å². The van der Waals surface area contributed by atoms with Gasteiger partial charge in [0.1, 0.15) is 0 Å². The molecular weight excluding hydrogens is 525 g/mol. The van der Waals surface area contributed by atoms with Crippen LogP contribution in [0.2, 0.25) is 0 Å². The van der Waals surface area contributed by atoms with Gasteiger partial charge in [0.05, 0.1) is 16.2 Å². The summed E-state index contributed by atoms with van der Waals surface area (Å²) in [5.74, 6) is -0.215. The van der Waals surface area contributed by atoms with Crippen LogP contribution >= 0.6 is 0 Å². The largest absolute Gasteiger partial charge is 0.416 e. The van der Waals surface area contributed by atoms with Crippen LogP contribution in [0.5, 0.6) is 0 Å². The molecule has 0 atom stereocenters. The zero-order valence-corrected chi connectivity index (χ0v) is 21.9. The summed E-state index contributed by atoms with van der Waals surface area (Å²) < 4.78 is 65.5. The summed E-state index contributed by atoms with van der Waals surface area (Å²) in [6.07, 6.45) is -2.93. The maximum atomic E-state index is 13.3. The molecule has 0 radical (unpaired) electrons. The van der Waals surface area contributed by atoms with Crippen molar-refractivity contribution >= 4 is 27.2 Å². The molecule has 4 aromatic carbocycles. The van der Waals surface area contributed by atoms with Crippen LogP contribution < -0.4 is 10.6 Å². The van der Waals surface area contributed by atoms with Crippen LogP contribution in [0, 0.1) is 6.92 Å². The number of alkyl halides is 3. The average molecular weight is 553 g/mol. The lowest BCUT2D eigenvalue weighted by atomic mass is 10.0. The Labute approximate surface area is 225 Å². The molecule has 0 aliphatic carbocycles. The molecule has 202 valence electrons. The Hall–Kier alpha value is -4.11. The number of amides is 2. The highest BCUT2D eigenvalue weighted by molar-refractivity contribution is 7.90. The second-order valence-corrected chi connectivity index (χ2v) is 11.2. The van der Waals surface area contributed by atoms with Gasteiger partial charge in [0.2, 0.25) is 0 Å². The minimum absolute atomic E-state index is 0.0468. The minimum Gasteiger partial charge on any atom is -0.308 e. The fourth-order valence-corrected chi connectivity index (χ4v) is 5.82. The molecular formula is C30H27F3N2O3S.